The summed E-state index contributed by atoms with van der Waals surface area (Å²) in [5.74, 6) is 1.70. The summed E-state index contributed by atoms with van der Waals surface area (Å²) in [5.41, 5.74) is 2.26. The maximum Gasteiger partial charge on any atom is 0.133 e. The van der Waals surface area contributed by atoms with E-state index in [1.165, 1.54) is 10.5 Å². The molecule has 0 saturated heterocycles. The van der Waals surface area contributed by atoms with Crippen LogP contribution >= 0.6 is 11.8 Å². The molecule has 0 aliphatic rings. The molecule has 0 unspecified atom stereocenters. The number of ether oxygens (including phenoxy) is 1. The minimum atomic E-state index is 0.741. The number of nitrogens with one attached hydrogen (secondary N) is 1. The van der Waals surface area contributed by atoms with Crippen LogP contribution in [0.25, 0.3) is 0 Å². The standard InChI is InChI=1S/C15H20N2O2S/c1-12-9-14(17-19-12)11-20-15-5-3-13(4-6-15)10-16-7-8-18-2/h3-6,9,16H,7-8,10-11H2,1-2H3. The molecule has 2 rings (SSSR count). The van der Waals surface area contributed by atoms with E-state index in [-0.39, 0.29) is 0 Å². The summed E-state index contributed by atoms with van der Waals surface area (Å²) >= 11 is 1.76. The molecule has 1 aromatic carbocycles. The molecule has 0 aliphatic carbocycles. The maximum atomic E-state index is 5.05. The molecule has 2 aromatic rings. The minimum absolute atomic E-state index is 0.741. The largest absolute Gasteiger partial charge is 0.383 e. The highest BCUT2D eigenvalue weighted by atomic mass is 32.2. The van der Waals surface area contributed by atoms with Crippen LogP contribution in [0.15, 0.2) is 39.8 Å². The molecule has 1 N–H and O–H groups in total. The Morgan fingerprint density at radius 3 is 2.75 bits per heavy atom. The molecule has 4 nitrogen and oxygen atoms in total. The molecule has 0 radical (unpaired) electrons. The maximum absolute atomic E-state index is 5.05. The van der Waals surface area contributed by atoms with Gasteiger partial charge in [0.25, 0.3) is 0 Å². The molecular formula is C15H20N2O2S. The van der Waals surface area contributed by atoms with Crippen molar-refractivity contribution >= 4 is 11.8 Å². The fourth-order valence-corrected chi connectivity index (χ4v) is 2.53. The average Bonchev–Trinajstić information content (AvgIpc) is 2.88. The summed E-state index contributed by atoms with van der Waals surface area (Å²) in [5, 5.41) is 7.32. The Bertz CT molecular complexity index is 511. The van der Waals surface area contributed by atoms with Crippen molar-refractivity contribution in [2.45, 2.75) is 24.1 Å². The Morgan fingerprint density at radius 1 is 1.30 bits per heavy atom. The summed E-state index contributed by atoms with van der Waals surface area (Å²) in [4.78, 5) is 1.24. The summed E-state index contributed by atoms with van der Waals surface area (Å²) < 4.78 is 10.0. The number of hydrogen-bond donors (Lipinski definition) is 1. The van der Waals surface area contributed by atoms with E-state index in [0.29, 0.717) is 0 Å². The number of thioether (sulfide) groups is 1. The van der Waals surface area contributed by atoms with Crippen molar-refractivity contribution in [1.82, 2.24) is 10.5 Å². The second-order valence-electron chi connectivity index (χ2n) is 4.53. The second-order valence-corrected chi connectivity index (χ2v) is 5.58. The smallest absolute Gasteiger partial charge is 0.133 e. The van der Waals surface area contributed by atoms with Gasteiger partial charge in [-0.3, -0.25) is 0 Å². The van der Waals surface area contributed by atoms with Crippen LogP contribution in [0.2, 0.25) is 0 Å². The van der Waals surface area contributed by atoms with Gasteiger partial charge >= 0.3 is 0 Å². The van der Waals surface area contributed by atoms with Gasteiger partial charge < -0.3 is 14.6 Å². The number of hydrogen-bond acceptors (Lipinski definition) is 5. The van der Waals surface area contributed by atoms with Gasteiger partial charge in [0.2, 0.25) is 0 Å². The zero-order valence-electron chi connectivity index (χ0n) is 11.9. The Labute approximate surface area is 123 Å². The van der Waals surface area contributed by atoms with Crippen molar-refractivity contribution < 1.29 is 9.26 Å². The van der Waals surface area contributed by atoms with Crippen molar-refractivity contribution in [3.05, 3.63) is 47.3 Å². The first-order valence-corrected chi connectivity index (χ1v) is 7.60. The Morgan fingerprint density at radius 2 is 2.10 bits per heavy atom. The number of methoxy groups -OCH3 is 1. The van der Waals surface area contributed by atoms with E-state index in [2.05, 4.69) is 34.7 Å². The van der Waals surface area contributed by atoms with Gasteiger partial charge in [-0.25, -0.2) is 0 Å². The van der Waals surface area contributed by atoms with Crippen molar-refractivity contribution in [2.24, 2.45) is 0 Å². The molecule has 0 atom stereocenters. The van der Waals surface area contributed by atoms with Crippen LogP contribution in [0.4, 0.5) is 0 Å². The first kappa shape index (κ1) is 15.1. The number of benzene rings is 1. The van der Waals surface area contributed by atoms with E-state index < -0.39 is 0 Å². The number of rotatable bonds is 8. The molecule has 0 aliphatic heterocycles. The Hall–Kier alpha value is -1.30. The molecule has 1 heterocycles. The molecule has 0 bridgehead atoms. The van der Waals surface area contributed by atoms with Crippen molar-refractivity contribution in [3.63, 3.8) is 0 Å². The first-order chi connectivity index (χ1) is 9.78. The molecule has 0 spiro atoms. The van der Waals surface area contributed by atoms with Gasteiger partial charge in [0.1, 0.15) is 5.76 Å². The van der Waals surface area contributed by atoms with Crippen LogP contribution < -0.4 is 5.32 Å². The van der Waals surface area contributed by atoms with Gasteiger partial charge in [0.05, 0.1) is 12.3 Å². The summed E-state index contributed by atoms with van der Waals surface area (Å²) in [6.45, 7) is 4.40. The third-order valence-electron chi connectivity index (χ3n) is 2.80. The molecular weight excluding hydrogens is 272 g/mol. The highest BCUT2D eigenvalue weighted by Gasteiger charge is 2.02. The Balaban J connectivity index is 1.76. The molecule has 20 heavy (non-hydrogen) atoms. The SMILES string of the molecule is COCCNCc1ccc(SCc2cc(C)on2)cc1. The lowest BCUT2D eigenvalue weighted by molar-refractivity contribution is 0.199. The third-order valence-corrected chi connectivity index (χ3v) is 3.84. The molecule has 108 valence electrons. The molecule has 1 aromatic heterocycles. The highest BCUT2D eigenvalue weighted by Crippen LogP contribution is 2.22. The lowest BCUT2D eigenvalue weighted by Crippen LogP contribution is -2.18. The van der Waals surface area contributed by atoms with Gasteiger partial charge in [-0.05, 0) is 24.6 Å². The summed E-state index contributed by atoms with van der Waals surface area (Å²) in [6, 6.07) is 10.6. The van der Waals surface area contributed by atoms with Gasteiger partial charge in [-0.2, -0.15) is 0 Å². The lowest BCUT2D eigenvalue weighted by Gasteiger charge is -2.05. The van der Waals surface area contributed by atoms with Gasteiger partial charge in [-0.15, -0.1) is 11.8 Å². The van der Waals surface area contributed by atoms with Gasteiger partial charge in [0, 0.05) is 36.9 Å². The molecule has 0 fully saturated rings. The topological polar surface area (TPSA) is 47.3 Å². The van der Waals surface area contributed by atoms with E-state index in [1.54, 1.807) is 18.9 Å². The van der Waals surface area contributed by atoms with Crippen LogP contribution in [0, 0.1) is 6.92 Å². The quantitative estimate of drug-likeness (QED) is 0.598. The normalized spacial score (nSPS) is 10.9. The van der Waals surface area contributed by atoms with Crippen LogP contribution in [0.1, 0.15) is 17.0 Å². The zero-order chi connectivity index (χ0) is 14.2. The van der Waals surface area contributed by atoms with Crippen molar-refractivity contribution in [1.29, 1.82) is 0 Å². The second kappa shape index (κ2) is 8.09. The first-order valence-electron chi connectivity index (χ1n) is 6.61. The fraction of sp³-hybridized carbons (Fsp3) is 0.400. The summed E-state index contributed by atoms with van der Waals surface area (Å²) in [6.07, 6.45) is 0. The Kier molecular flexibility index (Phi) is 6.11. The van der Waals surface area contributed by atoms with E-state index in [9.17, 15) is 0 Å². The molecule has 5 heteroatoms. The monoisotopic (exact) mass is 292 g/mol. The zero-order valence-corrected chi connectivity index (χ0v) is 12.7. The van der Waals surface area contributed by atoms with E-state index in [1.807, 2.05) is 13.0 Å². The molecule has 0 saturated carbocycles. The lowest BCUT2D eigenvalue weighted by atomic mass is 10.2. The predicted molar refractivity (Wildman–Crippen MR) is 80.8 cm³/mol. The number of aryl methyl sites for hydroxylation is 1. The number of nitrogens with zero attached hydrogens (tertiary/aromatic N) is 1. The highest BCUT2D eigenvalue weighted by molar-refractivity contribution is 7.98. The van der Waals surface area contributed by atoms with Gasteiger partial charge in [0.15, 0.2) is 0 Å². The van der Waals surface area contributed by atoms with Crippen LogP contribution in [0.5, 0.6) is 0 Å². The van der Waals surface area contributed by atoms with Crippen molar-refractivity contribution in [3.8, 4) is 0 Å². The number of aromatic nitrogens is 1. The van der Waals surface area contributed by atoms with Crippen LogP contribution in [-0.4, -0.2) is 25.4 Å². The van der Waals surface area contributed by atoms with E-state index >= 15 is 0 Å². The molecule has 0 amide bonds. The third kappa shape index (κ3) is 5.00. The fourth-order valence-electron chi connectivity index (χ4n) is 1.75. The average molecular weight is 292 g/mol. The van der Waals surface area contributed by atoms with Crippen LogP contribution in [0.3, 0.4) is 0 Å². The van der Waals surface area contributed by atoms with E-state index in [0.717, 1.165) is 36.9 Å². The van der Waals surface area contributed by atoms with E-state index in [4.69, 9.17) is 9.26 Å². The van der Waals surface area contributed by atoms with Crippen molar-refractivity contribution in [2.75, 3.05) is 20.3 Å². The summed E-state index contributed by atoms with van der Waals surface area (Å²) in [7, 11) is 1.71. The predicted octanol–water partition coefficient (Wildman–Crippen LogP) is 3.01. The van der Waals surface area contributed by atoms with Gasteiger partial charge in [-0.1, -0.05) is 17.3 Å². The minimum Gasteiger partial charge on any atom is -0.383 e. The van der Waals surface area contributed by atoms with Crippen LogP contribution in [-0.2, 0) is 17.0 Å².